The first-order chi connectivity index (χ1) is 11.5. The molecule has 0 saturated carbocycles. The van der Waals surface area contributed by atoms with Crippen molar-refractivity contribution >= 4 is 23.0 Å². The molecule has 0 aliphatic carbocycles. The molecule has 126 valence electrons. The van der Waals surface area contributed by atoms with Gasteiger partial charge < -0.3 is 15.1 Å². The summed E-state index contributed by atoms with van der Waals surface area (Å²) >= 11 is 5.78. The zero-order valence-corrected chi connectivity index (χ0v) is 15.5. The molecule has 0 amide bonds. The molecule has 3 nitrogen and oxygen atoms in total. The van der Waals surface area contributed by atoms with Crippen LogP contribution in [-0.4, -0.2) is 36.7 Å². The number of thiocarbonyl (C=S) groups is 1. The summed E-state index contributed by atoms with van der Waals surface area (Å²) < 4.78 is 0. The van der Waals surface area contributed by atoms with Crippen LogP contribution in [0.25, 0.3) is 0 Å². The largest absolute Gasteiger partial charge is 0.334 e. The van der Waals surface area contributed by atoms with E-state index in [-0.39, 0.29) is 0 Å². The number of anilines is 1. The van der Waals surface area contributed by atoms with Gasteiger partial charge in [0.2, 0.25) is 0 Å². The quantitative estimate of drug-likeness (QED) is 0.820. The highest BCUT2D eigenvalue weighted by molar-refractivity contribution is 7.80. The lowest BCUT2D eigenvalue weighted by Gasteiger charge is -2.39. The lowest BCUT2D eigenvalue weighted by atomic mass is 10.0. The van der Waals surface area contributed by atoms with Crippen LogP contribution >= 0.6 is 12.2 Å². The van der Waals surface area contributed by atoms with E-state index in [0.717, 1.165) is 30.4 Å². The average molecular weight is 341 g/mol. The number of nitrogens with one attached hydrogen (secondary N) is 2. The van der Waals surface area contributed by atoms with Crippen LogP contribution in [0.3, 0.4) is 0 Å². The van der Waals surface area contributed by atoms with E-state index in [1.807, 2.05) is 0 Å². The van der Waals surface area contributed by atoms with E-state index >= 15 is 0 Å². The number of benzene rings is 2. The van der Waals surface area contributed by atoms with Gasteiger partial charge in [0, 0.05) is 5.69 Å². The second-order valence-corrected chi connectivity index (χ2v) is 7.17. The van der Waals surface area contributed by atoms with Crippen molar-refractivity contribution in [2.45, 2.75) is 19.9 Å². The van der Waals surface area contributed by atoms with E-state index in [1.54, 1.807) is 4.90 Å². The number of likely N-dealkylation sites (N-methyl/N-ethyl adjacent to an activating group) is 1. The van der Waals surface area contributed by atoms with E-state index in [2.05, 4.69) is 79.6 Å². The van der Waals surface area contributed by atoms with E-state index in [4.69, 9.17) is 12.2 Å². The van der Waals surface area contributed by atoms with Crippen molar-refractivity contribution in [2.75, 3.05) is 32.0 Å². The average Bonchev–Trinajstić information content (AvgIpc) is 2.58. The molecule has 3 rings (SSSR count). The molecular weight excluding hydrogens is 314 g/mol. The standard InChI is InChI=1S/C20H25N3S/c1-15-9-10-16(2)18(13-15)21-20(24)23-12-11-22(3)14-19(23)17-7-5-4-6-8-17/h4-10,13,19H,11-12,14H2,1-3H3,(H,21,24)/p+1/t19-/m1/s1. The van der Waals surface area contributed by atoms with Crippen LogP contribution in [0.1, 0.15) is 22.7 Å². The molecule has 2 aromatic carbocycles. The van der Waals surface area contributed by atoms with Crippen molar-refractivity contribution in [1.82, 2.24) is 4.90 Å². The van der Waals surface area contributed by atoms with E-state index in [9.17, 15) is 0 Å². The van der Waals surface area contributed by atoms with Crippen molar-refractivity contribution in [3.05, 3.63) is 65.2 Å². The van der Waals surface area contributed by atoms with Gasteiger partial charge in [0.15, 0.2) is 5.11 Å². The van der Waals surface area contributed by atoms with E-state index in [1.165, 1.54) is 16.7 Å². The topological polar surface area (TPSA) is 19.7 Å². The van der Waals surface area contributed by atoms with Crippen LogP contribution in [0.5, 0.6) is 0 Å². The molecule has 1 fully saturated rings. The molecule has 2 atom stereocenters. The summed E-state index contributed by atoms with van der Waals surface area (Å²) in [4.78, 5) is 3.90. The Morgan fingerprint density at radius 1 is 1.17 bits per heavy atom. The minimum absolute atomic E-state index is 0.324. The smallest absolute Gasteiger partial charge is 0.174 e. The van der Waals surface area contributed by atoms with Crippen LogP contribution in [-0.2, 0) is 0 Å². The minimum atomic E-state index is 0.324. The number of quaternary nitrogens is 1. The second kappa shape index (κ2) is 7.32. The summed E-state index contributed by atoms with van der Waals surface area (Å²) in [5, 5.41) is 4.31. The molecule has 1 heterocycles. The van der Waals surface area contributed by atoms with Gasteiger partial charge in [-0.3, -0.25) is 0 Å². The number of hydrogen-bond acceptors (Lipinski definition) is 1. The molecule has 0 radical (unpaired) electrons. The molecule has 0 aromatic heterocycles. The second-order valence-electron chi connectivity index (χ2n) is 6.78. The number of aryl methyl sites for hydroxylation is 2. The molecule has 1 aliphatic heterocycles. The number of hydrogen-bond donors (Lipinski definition) is 2. The SMILES string of the molecule is Cc1ccc(C)c(NC(=S)N2CC[NH+](C)C[C@@H]2c2ccccc2)c1. The molecule has 0 spiro atoms. The summed E-state index contributed by atoms with van der Waals surface area (Å²) in [6.45, 7) is 7.38. The monoisotopic (exact) mass is 340 g/mol. The summed E-state index contributed by atoms with van der Waals surface area (Å²) in [6.07, 6.45) is 0. The first kappa shape index (κ1) is 16.9. The lowest BCUT2D eigenvalue weighted by molar-refractivity contribution is -0.887. The Morgan fingerprint density at radius 3 is 2.67 bits per heavy atom. The Kier molecular flexibility index (Phi) is 5.17. The highest BCUT2D eigenvalue weighted by Crippen LogP contribution is 2.23. The van der Waals surface area contributed by atoms with Gasteiger partial charge in [-0.05, 0) is 48.8 Å². The van der Waals surface area contributed by atoms with Gasteiger partial charge in [0.25, 0.3) is 0 Å². The molecule has 24 heavy (non-hydrogen) atoms. The van der Waals surface area contributed by atoms with Crippen LogP contribution in [0, 0.1) is 13.8 Å². The molecule has 0 bridgehead atoms. The fourth-order valence-electron chi connectivity index (χ4n) is 3.28. The minimum Gasteiger partial charge on any atom is -0.334 e. The predicted octanol–water partition coefficient (Wildman–Crippen LogP) is 2.57. The summed E-state index contributed by atoms with van der Waals surface area (Å²) in [5.74, 6) is 0. The highest BCUT2D eigenvalue weighted by Gasteiger charge is 2.31. The first-order valence-corrected chi connectivity index (χ1v) is 8.96. The lowest BCUT2D eigenvalue weighted by Crippen LogP contribution is -3.12. The van der Waals surface area contributed by atoms with Gasteiger partial charge in [-0.25, -0.2) is 0 Å². The third kappa shape index (κ3) is 3.77. The van der Waals surface area contributed by atoms with Crippen molar-refractivity contribution in [3.8, 4) is 0 Å². The number of nitrogens with zero attached hydrogens (tertiary/aromatic N) is 1. The molecule has 2 aromatic rings. The van der Waals surface area contributed by atoms with Gasteiger partial charge in [-0.1, -0.05) is 42.5 Å². The van der Waals surface area contributed by atoms with E-state index < -0.39 is 0 Å². The van der Waals surface area contributed by atoms with Crippen molar-refractivity contribution in [2.24, 2.45) is 0 Å². The van der Waals surface area contributed by atoms with Gasteiger partial charge in [-0.15, -0.1) is 0 Å². The maximum absolute atomic E-state index is 5.78. The molecule has 2 N–H and O–H groups in total. The Hall–Kier alpha value is -1.91. The molecule has 1 saturated heterocycles. The Balaban J connectivity index is 1.82. The van der Waals surface area contributed by atoms with Crippen molar-refractivity contribution in [1.29, 1.82) is 0 Å². The molecular formula is C20H26N3S+. The van der Waals surface area contributed by atoms with Crippen molar-refractivity contribution in [3.63, 3.8) is 0 Å². The number of rotatable bonds is 2. The van der Waals surface area contributed by atoms with Crippen molar-refractivity contribution < 1.29 is 4.90 Å². The first-order valence-electron chi connectivity index (χ1n) is 8.55. The summed E-state index contributed by atoms with van der Waals surface area (Å²) in [6, 6.07) is 17.5. The zero-order valence-electron chi connectivity index (χ0n) is 14.7. The maximum atomic E-state index is 5.78. The van der Waals surface area contributed by atoms with E-state index in [0.29, 0.717) is 6.04 Å². The normalized spacial score (nSPS) is 20.7. The molecule has 4 heteroatoms. The predicted molar refractivity (Wildman–Crippen MR) is 105 cm³/mol. The fourth-order valence-corrected chi connectivity index (χ4v) is 3.61. The Morgan fingerprint density at radius 2 is 1.92 bits per heavy atom. The van der Waals surface area contributed by atoms with Crippen LogP contribution in [0.2, 0.25) is 0 Å². The van der Waals surface area contributed by atoms with Gasteiger partial charge in [0.05, 0.1) is 20.1 Å². The van der Waals surface area contributed by atoms with Gasteiger partial charge >= 0.3 is 0 Å². The number of piperazine rings is 1. The van der Waals surface area contributed by atoms with Crippen LogP contribution in [0.4, 0.5) is 5.69 Å². The van der Waals surface area contributed by atoms with Gasteiger partial charge in [-0.2, -0.15) is 0 Å². The Labute approximate surface area is 150 Å². The summed E-state index contributed by atoms with van der Waals surface area (Å²) in [7, 11) is 2.26. The summed E-state index contributed by atoms with van der Waals surface area (Å²) in [5.41, 5.74) is 4.91. The fraction of sp³-hybridized carbons (Fsp3) is 0.350. The highest BCUT2D eigenvalue weighted by atomic mass is 32.1. The van der Waals surface area contributed by atoms with Crippen LogP contribution in [0.15, 0.2) is 48.5 Å². The third-order valence-electron chi connectivity index (χ3n) is 4.78. The Bertz CT molecular complexity index is 714. The van der Waals surface area contributed by atoms with Crippen LogP contribution < -0.4 is 10.2 Å². The molecule has 1 unspecified atom stereocenters. The van der Waals surface area contributed by atoms with Gasteiger partial charge in [0.1, 0.15) is 12.6 Å². The zero-order chi connectivity index (χ0) is 17.1. The maximum Gasteiger partial charge on any atom is 0.174 e. The third-order valence-corrected chi connectivity index (χ3v) is 5.11. The molecule has 1 aliphatic rings.